The molecule has 0 unspecified atom stereocenters. The molecule has 3 amide bonds. The number of likely N-dealkylation sites (tertiary alicyclic amines) is 1. The zero-order chi connectivity index (χ0) is 18.2. The number of urea groups is 1. The quantitative estimate of drug-likeness (QED) is 0.733. The molecule has 0 bridgehead atoms. The van der Waals surface area contributed by atoms with Crippen LogP contribution in [0.3, 0.4) is 0 Å². The number of carbonyl (C=O) groups is 2. The first-order chi connectivity index (χ1) is 12.7. The van der Waals surface area contributed by atoms with Crippen molar-refractivity contribution in [3.63, 3.8) is 0 Å². The molecule has 2 N–H and O–H groups in total. The van der Waals surface area contributed by atoms with Gasteiger partial charge in [-0.25, -0.2) is 4.79 Å². The Balaban J connectivity index is 1.34. The Kier molecular flexibility index (Phi) is 6.89. The lowest BCUT2D eigenvalue weighted by Gasteiger charge is -2.15. The fourth-order valence-corrected chi connectivity index (χ4v) is 3.55. The monoisotopic (exact) mass is 359 g/mol. The molecule has 6 heteroatoms. The lowest BCUT2D eigenvalue weighted by atomic mass is 10.2. The number of nitrogens with zero attached hydrogens (tertiary/aromatic N) is 1. The molecule has 1 aromatic rings. The van der Waals surface area contributed by atoms with E-state index in [1.165, 1.54) is 25.7 Å². The van der Waals surface area contributed by atoms with Gasteiger partial charge in [-0.15, -0.1) is 0 Å². The predicted molar refractivity (Wildman–Crippen MR) is 101 cm³/mol. The highest BCUT2D eigenvalue weighted by molar-refractivity contribution is 5.95. The zero-order valence-corrected chi connectivity index (χ0v) is 15.3. The average Bonchev–Trinajstić information content (AvgIpc) is 3.35. The van der Waals surface area contributed by atoms with Crippen molar-refractivity contribution >= 4 is 17.6 Å². The van der Waals surface area contributed by atoms with Gasteiger partial charge >= 0.3 is 6.03 Å². The second-order valence-corrected chi connectivity index (χ2v) is 7.09. The van der Waals surface area contributed by atoms with E-state index >= 15 is 0 Å². The van der Waals surface area contributed by atoms with Crippen LogP contribution in [0, 0.1) is 0 Å². The van der Waals surface area contributed by atoms with E-state index < -0.39 is 0 Å². The maximum absolute atomic E-state index is 12.3. The van der Waals surface area contributed by atoms with Crippen LogP contribution in [-0.2, 0) is 4.74 Å². The molecule has 1 aliphatic heterocycles. The van der Waals surface area contributed by atoms with E-state index in [4.69, 9.17) is 4.74 Å². The van der Waals surface area contributed by atoms with Crippen LogP contribution in [0.5, 0.6) is 0 Å². The summed E-state index contributed by atoms with van der Waals surface area (Å²) in [5, 5.41) is 5.63. The van der Waals surface area contributed by atoms with E-state index in [0.29, 0.717) is 30.5 Å². The molecule has 2 fully saturated rings. The molecule has 0 atom stereocenters. The number of hydrogen-bond donors (Lipinski definition) is 2. The van der Waals surface area contributed by atoms with E-state index in [2.05, 4.69) is 10.6 Å². The molecule has 6 nitrogen and oxygen atoms in total. The molecule has 142 valence electrons. The summed E-state index contributed by atoms with van der Waals surface area (Å²) >= 11 is 0. The molecule has 1 heterocycles. The van der Waals surface area contributed by atoms with Crippen molar-refractivity contribution in [3.8, 4) is 0 Å². The van der Waals surface area contributed by atoms with E-state index in [1.807, 2.05) is 4.90 Å². The van der Waals surface area contributed by atoms with Crippen LogP contribution < -0.4 is 10.6 Å². The normalized spacial score (nSPS) is 17.5. The fraction of sp³-hybridized carbons (Fsp3) is 0.600. The van der Waals surface area contributed by atoms with Crippen molar-refractivity contribution in [2.24, 2.45) is 0 Å². The summed E-state index contributed by atoms with van der Waals surface area (Å²) in [6.45, 7) is 2.96. The van der Waals surface area contributed by atoms with Gasteiger partial charge in [0.25, 0.3) is 5.91 Å². The van der Waals surface area contributed by atoms with E-state index in [1.54, 1.807) is 24.3 Å². The minimum absolute atomic E-state index is 0.0702. The highest BCUT2D eigenvalue weighted by Crippen LogP contribution is 2.20. The van der Waals surface area contributed by atoms with Gasteiger partial charge in [-0.3, -0.25) is 4.79 Å². The number of ether oxygens (including phenoxy) is 1. The third-order valence-electron chi connectivity index (χ3n) is 5.05. The van der Waals surface area contributed by atoms with Gasteiger partial charge in [-0.1, -0.05) is 12.8 Å². The molecule has 1 aliphatic carbocycles. The largest absolute Gasteiger partial charge is 0.378 e. The van der Waals surface area contributed by atoms with Crippen LogP contribution >= 0.6 is 0 Å². The van der Waals surface area contributed by atoms with Gasteiger partial charge < -0.3 is 20.3 Å². The SMILES string of the molecule is O=C(NCCCOC1CCCC1)Nc1ccc(C(=O)N2CCCC2)cc1. The van der Waals surface area contributed by atoms with Gasteiger partial charge in [0.05, 0.1) is 6.10 Å². The van der Waals surface area contributed by atoms with Crippen LogP contribution in [-0.4, -0.2) is 49.2 Å². The van der Waals surface area contributed by atoms with Crippen LogP contribution in [0.1, 0.15) is 55.3 Å². The smallest absolute Gasteiger partial charge is 0.319 e. The van der Waals surface area contributed by atoms with Gasteiger partial charge in [-0.05, 0) is 56.4 Å². The van der Waals surface area contributed by atoms with Crippen LogP contribution in [0.2, 0.25) is 0 Å². The summed E-state index contributed by atoms with van der Waals surface area (Å²) in [6.07, 6.45) is 8.28. The van der Waals surface area contributed by atoms with E-state index in [9.17, 15) is 9.59 Å². The first-order valence-corrected chi connectivity index (χ1v) is 9.78. The molecular formula is C20H29N3O3. The number of benzene rings is 1. The van der Waals surface area contributed by atoms with Crippen molar-refractivity contribution < 1.29 is 14.3 Å². The van der Waals surface area contributed by atoms with Crippen LogP contribution in [0.15, 0.2) is 24.3 Å². The summed E-state index contributed by atoms with van der Waals surface area (Å²) in [5.41, 5.74) is 1.35. The average molecular weight is 359 g/mol. The fourth-order valence-electron chi connectivity index (χ4n) is 3.55. The topological polar surface area (TPSA) is 70.7 Å². The van der Waals surface area contributed by atoms with Gasteiger partial charge in [0.15, 0.2) is 0 Å². The molecule has 0 spiro atoms. The minimum atomic E-state index is -0.232. The number of carbonyl (C=O) groups excluding carboxylic acids is 2. The van der Waals surface area contributed by atoms with E-state index in [-0.39, 0.29) is 11.9 Å². The molecular weight excluding hydrogens is 330 g/mol. The Bertz CT molecular complexity index is 591. The Morgan fingerprint density at radius 1 is 1.04 bits per heavy atom. The minimum Gasteiger partial charge on any atom is -0.378 e. The van der Waals surface area contributed by atoms with Gasteiger partial charge in [0, 0.05) is 37.5 Å². The van der Waals surface area contributed by atoms with Crippen LogP contribution in [0.4, 0.5) is 10.5 Å². The Morgan fingerprint density at radius 2 is 1.73 bits per heavy atom. The first-order valence-electron chi connectivity index (χ1n) is 9.78. The highest BCUT2D eigenvalue weighted by atomic mass is 16.5. The summed E-state index contributed by atoms with van der Waals surface area (Å²) in [5.74, 6) is 0.0702. The summed E-state index contributed by atoms with van der Waals surface area (Å²) in [4.78, 5) is 26.1. The van der Waals surface area contributed by atoms with Crippen molar-refractivity contribution in [2.45, 2.75) is 51.0 Å². The zero-order valence-electron chi connectivity index (χ0n) is 15.3. The standard InChI is InChI=1S/C20H29N3O3/c24-19(23-13-3-4-14-23)16-8-10-17(11-9-16)22-20(25)21-12-5-15-26-18-6-1-2-7-18/h8-11,18H,1-7,12-15H2,(H2,21,22,25). The van der Waals surface area contributed by atoms with Crippen molar-refractivity contribution in [1.82, 2.24) is 10.2 Å². The highest BCUT2D eigenvalue weighted by Gasteiger charge is 2.19. The number of nitrogens with one attached hydrogen (secondary N) is 2. The summed E-state index contributed by atoms with van der Waals surface area (Å²) in [7, 11) is 0. The lowest BCUT2D eigenvalue weighted by molar-refractivity contribution is 0.0572. The number of hydrogen-bond acceptors (Lipinski definition) is 3. The number of amides is 3. The molecule has 0 radical (unpaired) electrons. The molecule has 26 heavy (non-hydrogen) atoms. The third-order valence-corrected chi connectivity index (χ3v) is 5.05. The first kappa shape index (κ1) is 18.7. The molecule has 1 saturated heterocycles. The van der Waals surface area contributed by atoms with Gasteiger partial charge in [0.1, 0.15) is 0 Å². The van der Waals surface area contributed by atoms with Gasteiger partial charge in [0.2, 0.25) is 0 Å². The second-order valence-electron chi connectivity index (χ2n) is 7.09. The summed E-state index contributed by atoms with van der Waals surface area (Å²) in [6, 6.07) is 6.85. The predicted octanol–water partition coefficient (Wildman–Crippen LogP) is 3.39. The van der Waals surface area contributed by atoms with Crippen molar-refractivity contribution in [2.75, 3.05) is 31.6 Å². The van der Waals surface area contributed by atoms with Crippen LogP contribution in [0.25, 0.3) is 0 Å². The maximum Gasteiger partial charge on any atom is 0.319 e. The lowest BCUT2D eigenvalue weighted by Crippen LogP contribution is -2.30. The Hall–Kier alpha value is -2.08. The Morgan fingerprint density at radius 3 is 2.42 bits per heavy atom. The second kappa shape index (κ2) is 9.57. The molecule has 0 aromatic heterocycles. The van der Waals surface area contributed by atoms with E-state index in [0.717, 1.165) is 32.4 Å². The van der Waals surface area contributed by atoms with Gasteiger partial charge in [-0.2, -0.15) is 0 Å². The maximum atomic E-state index is 12.3. The van der Waals surface area contributed by atoms with Crippen molar-refractivity contribution in [3.05, 3.63) is 29.8 Å². The Labute approximate surface area is 155 Å². The summed E-state index contributed by atoms with van der Waals surface area (Å²) < 4.78 is 5.77. The molecule has 1 saturated carbocycles. The molecule has 1 aromatic carbocycles. The van der Waals surface area contributed by atoms with Crippen molar-refractivity contribution in [1.29, 1.82) is 0 Å². The number of rotatable bonds is 7. The number of anilines is 1. The third kappa shape index (κ3) is 5.46. The molecule has 3 rings (SSSR count). The molecule has 2 aliphatic rings.